The van der Waals surface area contributed by atoms with Crippen LogP contribution in [0.4, 0.5) is 0 Å². The highest BCUT2D eigenvalue weighted by atomic mass is 16.3. The summed E-state index contributed by atoms with van der Waals surface area (Å²) >= 11 is 0. The second-order valence-corrected chi connectivity index (χ2v) is 4.41. The van der Waals surface area contributed by atoms with Gasteiger partial charge in [0.15, 0.2) is 5.76 Å². The highest BCUT2D eigenvalue weighted by Crippen LogP contribution is 2.13. The summed E-state index contributed by atoms with van der Waals surface area (Å²) in [6.07, 6.45) is 5.69. The van der Waals surface area contributed by atoms with Crippen LogP contribution in [0.5, 0.6) is 0 Å². The number of rotatable bonds is 7. The average Bonchev–Trinajstić information content (AvgIpc) is 2.93. The number of quaternary nitrogens is 1. The van der Waals surface area contributed by atoms with E-state index in [9.17, 15) is 0 Å². The number of benzene rings is 1. The van der Waals surface area contributed by atoms with Gasteiger partial charge >= 0.3 is 0 Å². The molecule has 0 bridgehead atoms. The highest BCUT2D eigenvalue weighted by molar-refractivity contribution is 5.14. The molecule has 2 nitrogen and oxygen atoms in total. The summed E-state index contributed by atoms with van der Waals surface area (Å²) < 4.78 is 5.47. The van der Waals surface area contributed by atoms with Crippen molar-refractivity contribution in [2.45, 2.75) is 18.9 Å². The molecular formula is C16H20NO+. The van der Waals surface area contributed by atoms with Crippen molar-refractivity contribution in [1.29, 1.82) is 0 Å². The van der Waals surface area contributed by atoms with Gasteiger partial charge in [-0.1, -0.05) is 36.4 Å². The molecule has 0 saturated carbocycles. The zero-order valence-corrected chi connectivity index (χ0v) is 10.6. The SMILES string of the molecule is C=CC[C@H]([NH2+]CCc1ccccc1)c1ccco1. The molecule has 0 saturated heterocycles. The molecule has 0 aliphatic rings. The van der Waals surface area contributed by atoms with Gasteiger partial charge in [0.2, 0.25) is 0 Å². The minimum atomic E-state index is 0.348. The monoisotopic (exact) mass is 242 g/mol. The van der Waals surface area contributed by atoms with E-state index in [1.165, 1.54) is 5.56 Å². The molecule has 0 unspecified atom stereocenters. The Bertz CT molecular complexity index is 447. The van der Waals surface area contributed by atoms with E-state index < -0.39 is 0 Å². The lowest BCUT2D eigenvalue weighted by atomic mass is 10.1. The van der Waals surface area contributed by atoms with E-state index in [1.54, 1.807) is 6.26 Å². The molecular weight excluding hydrogens is 222 g/mol. The highest BCUT2D eigenvalue weighted by Gasteiger charge is 2.15. The van der Waals surface area contributed by atoms with Crippen LogP contribution in [0.2, 0.25) is 0 Å². The molecule has 1 atom stereocenters. The van der Waals surface area contributed by atoms with Crippen LogP contribution in [0.1, 0.15) is 23.8 Å². The molecule has 0 radical (unpaired) electrons. The smallest absolute Gasteiger partial charge is 0.161 e. The standard InChI is InChI=1S/C16H19NO/c1-2-7-15(16-10-6-13-18-16)17-12-11-14-8-4-3-5-9-14/h2-6,8-10,13,15,17H,1,7,11-12H2/p+1/t15-/m0/s1. The summed E-state index contributed by atoms with van der Waals surface area (Å²) in [6, 6.07) is 14.9. The predicted octanol–water partition coefficient (Wildman–Crippen LogP) is 2.70. The summed E-state index contributed by atoms with van der Waals surface area (Å²) in [5.74, 6) is 1.03. The predicted molar refractivity (Wildman–Crippen MR) is 73.2 cm³/mol. The molecule has 2 aromatic rings. The molecule has 1 aromatic heterocycles. The van der Waals surface area contributed by atoms with Crippen LogP contribution in [0.25, 0.3) is 0 Å². The maximum absolute atomic E-state index is 5.47. The molecule has 2 heteroatoms. The van der Waals surface area contributed by atoms with Gasteiger partial charge in [-0.05, 0) is 17.7 Å². The second-order valence-electron chi connectivity index (χ2n) is 4.41. The van der Waals surface area contributed by atoms with Gasteiger partial charge in [0.1, 0.15) is 6.04 Å². The van der Waals surface area contributed by atoms with Crippen molar-refractivity contribution >= 4 is 0 Å². The fourth-order valence-corrected chi connectivity index (χ4v) is 2.11. The third-order valence-corrected chi connectivity index (χ3v) is 3.06. The molecule has 0 aliphatic heterocycles. The van der Waals surface area contributed by atoms with Crippen LogP contribution in [-0.4, -0.2) is 6.54 Å². The van der Waals surface area contributed by atoms with Gasteiger partial charge in [0.05, 0.1) is 12.8 Å². The molecule has 94 valence electrons. The number of hydrogen-bond donors (Lipinski definition) is 1. The van der Waals surface area contributed by atoms with Crippen LogP contribution in [-0.2, 0) is 6.42 Å². The summed E-state index contributed by atoms with van der Waals surface area (Å²) in [4.78, 5) is 0. The fraction of sp³-hybridized carbons (Fsp3) is 0.250. The van der Waals surface area contributed by atoms with E-state index in [1.807, 2.05) is 18.2 Å². The van der Waals surface area contributed by atoms with Crippen LogP contribution in [0.3, 0.4) is 0 Å². The van der Waals surface area contributed by atoms with Crippen molar-refractivity contribution in [1.82, 2.24) is 0 Å². The lowest BCUT2D eigenvalue weighted by molar-refractivity contribution is -0.696. The van der Waals surface area contributed by atoms with Crippen molar-refractivity contribution in [3.8, 4) is 0 Å². The first-order valence-corrected chi connectivity index (χ1v) is 6.41. The van der Waals surface area contributed by atoms with E-state index in [-0.39, 0.29) is 0 Å². The molecule has 2 rings (SSSR count). The Kier molecular flexibility index (Phi) is 4.79. The summed E-state index contributed by atoms with van der Waals surface area (Å²) in [7, 11) is 0. The van der Waals surface area contributed by atoms with Crippen molar-refractivity contribution in [2.75, 3.05) is 6.54 Å². The van der Waals surface area contributed by atoms with Gasteiger partial charge in [-0.3, -0.25) is 0 Å². The second kappa shape index (κ2) is 6.82. The molecule has 0 fully saturated rings. The Morgan fingerprint density at radius 1 is 1.17 bits per heavy atom. The van der Waals surface area contributed by atoms with Gasteiger partial charge in [0, 0.05) is 12.8 Å². The molecule has 2 N–H and O–H groups in total. The number of furan rings is 1. The first-order valence-electron chi connectivity index (χ1n) is 6.41. The van der Waals surface area contributed by atoms with Crippen LogP contribution >= 0.6 is 0 Å². The van der Waals surface area contributed by atoms with Gasteiger partial charge in [0.25, 0.3) is 0 Å². The number of hydrogen-bond acceptors (Lipinski definition) is 1. The Hall–Kier alpha value is -1.80. The Labute approximate surface area is 108 Å². The maximum Gasteiger partial charge on any atom is 0.161 e. The zero-order chi connectivity index (χ0) is 12.6. The first kappa shape index (κ1) is 12.7. The largest absolute Gasteiger partial charge is 0.463 e. The van der Waals surface area contributed by atoms with Gasteiger partial charge in [-0.2, -0.15) is 0 Å². The summed E-state index contributed by atoms with van der Waals surface area (Å²) in [5, 5.41) is 2.33. The Morgan fingerprint density at radius 3 is 2.67 bits per heavy atom. The Balaban J connectivity index is 1.85. The van der Waals surface area contributed by atoms with E-state index in [4.69, 9.17) is 4.42 Å². The quantitative estimate of drug-likeness (QED) is 0.743. The van der Waals surface area contributed by atoms with E-state index in [0.717, 1.165) is 25.1 Å². The van der Waals surface area contributed by atoms with Gasteiger partial charge in [-0.25, -0.2) is 0 Å². The third kappa shape index (κ3) is 3.60. The van der Waals surface area contributed by atoms with Gasteiger partial charge in [-0.15, -0.1) is 6.58 Å². The normalized spacial score (nSPS) is 12.2. The minimum absolute atomic E-state index is 0.348. The summed E-state index contributed by atoms with van der Waals surface area (Å²) in [5.41, 5.74) is 1.38. The molecule has 1 aromatic carbocycles. The van der Waals surface area contributed by atoms with E-state index >= 15 is 0 Å². The van der Waals surface area contributed by atoms with E-state index in [2.05, 4.69) is 42.2 Å². The van der Waals surface area contributed by atoms with Crippen molar-refractivity contribution < 1.29 is 9.73 Å². The van der Waals surface area contributed by atoms with Crippen molar-refractivity contribution in [3.05, 3.63) is 72.7 Å². The molecule has 0 spiro atoms. The number of nitrogens with two attached hydrogens (primary N) is 1. The minimum Gasteiger partial charge on any atom is -0.463 e. The first-order chi connectivity index (χ1) is 8.90. The van der Waals surface area contributed by atoms with Crippen LogP contribution in [0.15, 0.2) is 65.8 Å². The van der Waals surface area contributed by atoms with Crippen LogP contribution in [0, 0.1) is 0 Å². The third-order valence-electron chi connectivity index (χ3n) is 3.06. The lowest BCUT2D eigenvalue weighted by Gasteiger charge is -2.11. The van der Waals surface area contributed by atoms with E-state index in [0.29, 0.717) is 6.04 Å². The van der Waals surface area contributed by atoms with Crippen molar-refractivity contribution in [2.24, 2.45) is 0 Å². The van der Waals surface area contributed by atoms with Crippen LogP contribution < -0.4 is 5.32 Å². The summed E-state index contributed by atoms with van der Waals surface area (Å²) in [6.45, 7) is 4.87. The molecule has 0 amide bonds. The Morgan fingerprint density at radius 2 is 2.00 bits per heavy atom. The topological polar surface area (TPSA) is 29.8 Å². The van der Waals surface area contributed by atoms with Crippen molar-refractivity contribution in [3.63, 3.8) is 0 Å². The molecule has 0 aliphatic carbocycles. The zero-order valence-electron chi connectivity index (χ0n) is 10.6. The van der Waals surface area contributed by atoms with Gasteiger partial charge < -0.3 is 9.73 Å². The fourth-order valence-electron chi connectivity index (χ4n) is 2.11. The molecule has 18 heavy (non-hydrogen) atoms. The lowest BCUT2D eigenvalue weighted by Crippen LogP contribution is -2.85. The average molecular weight is 242 g/mol. The maximum atomic E-state index is 5.47. The molecule has 1 heterocycles.